The molecular weight excluding hydrogens is 942 g/mol. The molecule has 3 aromatic heterocycles. The van der Waals surface area contributed by atoms with E-state index in [0.717, 1.165) is 94.4 Å². The van der Waals surface area contributed by atoms with Crippen LogP contribution in [-0.2, 0) is 31.9 Å². The maximum absolute atomic E-state index is 12.4. The second kappa shape index (κ2) is 15.7. The van der Waals surface area contributed by atoms with Crippen LogP contribution in [0, 0.1) is 6.07 Å². The van der Waals surface area contributed by atoms with E-state index < -0.39 is 0 Å². The van der Waals surface area contributed by atoms with Crippen molar-refractivity contribution >= 4 is 33.0 Å². The van der Waals surface area contributed by atoms with Crippen LogP contribution in [0.25, 0.3) is 94.7 Å². The van der Waals surface area contributed by atoms with E-state index in [2.05, 4.69) is 174 Å². The Morgan fingerprint density at radius 2 is 1.24 bits per heavy atom. The fourth-order valence-corrected chi connectivity index (χ4v) is 8.60. The molecule has 1 N–H and O–H groups in total. The van der Waals surface area contributed by atoms with E-state index in [-0.39, 0.29) is 37.6 Å². The minimum absolute atomic E-state index is 0. The average molecular weight is 988 g/mol. The second-order valence-corrected chi connectivity index (χ2v) is 17.9. The first-order valence-corrected chi connectivity index (χ1v) is 20.9. The van der Waals surface area contributed by atoms with Crippen molar-refractivity contribution < 1.29 is 30.6 Å². The summed E-state index contributed by atoms with van der Waals surface area (Å²) in [7, 11) is 0. The van der Waals surface area contributed by atoms with Gasteiger partial charge in [0.25, 0.3) is 0 Å². The molecule has 6 heteroatoms. The van der Waals surface area contributed by atoms with Crippen LogP contribution in [0.15, 0.2) is 168 Å². The summed E-state index contributed by atoms with van der Waals surface area (Å²) in [6.45, 7) is 13.1. The smallest absolute Gasteiger partial charge is 0.148 e. The molecule has 0 saturated heterocycles. The zero-order valence-electron chi connectivity index (χ0n) is 35.6. The Bertz CT molecular complexity index is 3280. The maximum atomic E-state index is 12.4. The number of aromatic nitrogens is 3. The molecule has 62 heavy (non-hydrogen) atoms. The summed E-state index contributed by atoms with van der Waals surface area (Å²) in [6, 6.07) is 58.3. The molecule has 10 rings (SSSR count). The zero-order valence-corrected chi connectivity index (χ0v) is 37.9. The van der Waals surface area contributed by atoms with Crippen LogP contribution in [0.5, 0.6) is 5.75 Å². The zero-order chi connectivity index (χ0) is 42.0. The first-order valence-electron chi connectivity index (χ1n) is 20.9. The van der Waals surface area contributed by atoms with E-state index in [1.54, 1.807) is 0 Å². The van der Waals surface area contributed by atoms with Crippen LogP contribution in [0.3, 0.4) is 0 Å². The quantitative estimate of drug-likeness (QED) is 0.169. The van der Waals surface area contributed by atoms with Crippen molar-refractivity contribution in [3.8, 4) is 67.5 Å². The van der Waals surface area contributed by atoms with Crippen LogP contribution in [0.1, 0.15) is 52.7 Å². The number of fused-ring (bicyclic) bond motifs is 4. The third kappa shape index (κ3) is 7.15. The third-order valence-electron chi connectivity index (χ3n) is 11.8. The number of pyridine rings is 1. The average Bonchev–Trinajstić information content (AvgIpc) is 3.85. The van der Waals surface area contributed by atoms with Gasteiger partial charge in [-0.05, 0) is 57.9 Å². The van der Waals surface area contributed by atoms with Gasteiger partial charge in [0.05, 0.1) is 22.3 Å². The summed E-state index contributed by atoms with van der Waals surface area (Å²) < 4.78 is 8.56. The largest absolute Gasteiger partial charge is 0.507 e. The molecule has 10 aromatic rings. The normalized spacial score (nSPS) is 12.0. The molecule has 308 valence electrons. The second-order valence-electron chi connectivity index (χ2n) is 17.9. The summed E-state index contributed by atoms with van der Waals surface area (Å²) in [5.74, 6) is 0.901. The standard InChI is InChI=1S/C56H46N3O2.Pt/c1-55(2,3)40-33-44(53(60)45(34-40)56(4,5)6)54-58-52-42(24-17-26-47(52)59(54)46-25-15-13-22-41(46)36-20-11-8-12-21-36)38-30-37(35-18-9-7-10-19-35)31-39(32-38)51-50-43-23-14-16-27-48(43)61-49(50)28-29-57-51;/h7-31,33-34,60H,1-6H3;/q-1;. The molecule has 0 bridgehead atoms. The van der Waals surface area contributed by atoms with Crippen LogP contribution in [-0.4, -0.2) is 19.6 Å². The van der Waals surface area contributed by atoms with Gasteiger partial charge < -0.3 is 9.52 Å². The number of phenols is 1. The molecular formula is C56H46N3O2Pt-. The Balaban J connectivity index is 0.00000490. The van der Waals surface area contributed by atoms with Crippen LogP contribution < -0.4 is 0 Å². The van der Waals surface area contributed by atoms with Gasteiger partial charge in [0.15, 0.2) is 0 Å². The Labute approximate surface area is 377 Å². The van der Waals surface area contributed by atoms with Gasteiger partial charge in [0, 0.05) is 54.9 Å². The molecule has 0 saturated carbocycles. The summed E-state index contributed by atoms with van der Waals surface area (Å²) in [5, 5.41) is 14.4. The molecule has 0 unspecified atom stereocenters. The monoisotopic (exact) mass is 987 g/mol. The number of imidazole rings is 1. The number of rotatable bonds is 6. The van der Waals surface area contributed by atoms with Crippen molar-refractivity contribution in [1.29, 1.82) is 0 Å². The third-order valence-corrected chi connectivity index (χ3v) is 11.8. The Morgan fingerprint density at radius 1 is 0.581 bits per heavy atom. The predicted molar refractivity (Wildman–Crippen MR) is 251 cm³/mol. The van der Waals surface area contributed by atoms with Crippen LogP contribution in [0.2, 0.25) is 0 Å². The number of hydrogen-bond donors (Lipinski definition) is 1. The summed E-state index contributed by atoms with van der Waals surface area (Å²) in [6.07, 6.45) is 1.81. The molecule has 0 aliphatic heterocycles. The first-order chi connectivity index (χ1) is 29.4. The summed E-state index contributed by atoms with van der Waals surface area (Å²) in [4.78, 5) is 10.6. The number of phenolic OH excluding ortho intramolecular Hbond substituents is 1. The molecule has 0 aliphatic rings. The fourth-order valence-electron chi connectivity index (χ4n) is 8.60. The van der Waals surface area contributed by atoms with Crippen molar-refractivity contribution in [3.63, 3.8) is 0 Å². The minimum Gasteiger partial charge on any atom is -0.507 e. The number of aromatic hydroxyl groups is 1. The molecule has 5 nitrogen and oxygen atoms in total. The number of nitrogens with zero attached hydrogens (tertiary/aromatic N) is 3. The van der Waals surface area contributed by atoms with Gasteiger partial charge >= 0.3 is 0 Å². The van der Waals surface area contributed by atoms with E-state index in [4.69, 9.17) is 14.4 Å². The van der Waals surface area contributed by atoms with E-state index in [1.807, 2.05) is 42.6 Å². The number of furan rings is 1. The molecule has 3 heterocycles. The molecule has 0 aliphatic carbocycles. The topological polar surface area (TPSA) is 64.1 Å². The van der Waals surface area contributed by atoms with E-state index >= 15 is 0 Å². The Morgan fingerprint density at radius 3 is 1.98 bits per heavy atom. The van der Waals surface area contributed by atoms with Crippen molar-refractivity contribution in [3.05, 3.63) is 181 Å². The van der Waals surface area contributed by atoms with Crippen molar-refractivity contribution in [2.24, 2.45) is 0 Å². The number of benzene rings is 7. The molecule has 7 aromatic carbocycles. The van der Waals surface area contributed by atoms with Crippen LogP contribution in [0.4, 0.5) is 0 Å². The van der Waals surface area contributed by atoms with Gasteiger partial charge in [-0.2, -0.15) is 0 Å². The number of hydrogen-bond acceptors (Lipinski definition) is 4. The van der Waals surface area contributed by atoms with E-state index in [1.165, 1.54) is 0 Å². The Kier molecular flexibility index (Phi) is 10.4. The van der Waals surface area contributed by atoms with Gasteiger partial charge in [-0.15, -0.1) is 23.8 Å². The van der Waals surface area contributed by atoms with Crippen molar-refractivity contribution in [2.75, 3.05) is 0 Å². The van der Waals surface area contributed by atoms with Gasteiger partial charge in [0.1, 0.15) is 22.7 Å². The molecule has 0 amide bonds. The van der Waals surface area contributed by atoms with Gasteiger partial charge in [0.2, 0.25) is 0 Å². The molecule has 0 atom stereocenters. The summed E-state index contributed by atoms with van der Waals surface area (Å²) >= 11 is 0. The molecule has 0 fully saturated rings. The van der Waals surface area contributed by atoms with Gasteiger partial charge in [-0.3, -0.25) is 9.55 Å². The Hall–Kier alpha value is -6.55. The maximum Gasteiger partial charge on any atom is 0.148 e. The number of para-hydroxylation sites is 3. The van der Waals surface area contributed by atoms with E-state index in [9.17, 15) is 5.11 Å². The van der Waals surface area contributed by atoms with E-state index in [0.29, 0.717) is 11.4 Å². The predicted octanol–water partition coefficient (Wildman–Crippen LogP) is 14.8. The fraction of sp³-hybridized carbons (Fsp3) is 0.143. The molecule has 0 spiro atoms. The SMILES string of the molecule is CC(C)(C)c1cc(-c2nc3c(-c4[c-]c(-c5nccc6oc7ccccc7c56)cc(-c5ccccc5)c4)cccc3n2-c2ccccc2-c2ccccc2)c(O)c(C(C)(C)C)c1.[Pt]. The van der Waals surface area contributed by atoms with Crippen LogP contribution >= 0.6 is 0 Å². The van der Waals surface area contributed by atoms with Gasteiger partial charge in [-0.25, -0.2) is 4.98 Å². The van der Waals surface area contributed by atoms with Crippen molar-refractivity contribution in [2.45, 2.75) is 52.4 Å². The first kappa shape index (κ1) is 40.8. The summed E-state index contributed by atoms with van der Waals surface area (Å²) in [5.41, 5.74) is 14.2. The van der Waals surface area contributed by atoms with Crippen molar-refractivity contribution in [1.82, 2.24) is 14.5 Å². The van der Waals surface area contributed by atoms with Gasteiger partial charge in [-0.1, -0.05) is 173 Å². The molecule has 0 radical (unpaired) electrons. The minimum atomic E-state index is -0.329.